The quantitative estimate of drug-likeness (QED) is 0.466. The number of amides is 1. The number of furan rings is 1. The van der Waals surface area contributed by atoms with Gasteiger partial charge in [0.2, 0.25) is 16.9 Å². The Morgan fingerprint density at radius 1 is 1.27 bits per heavy atom. The average Bonchev–Trinajstić information content (AvgIpc) is 3.29. The Kier molecular flexibility index (Phi) is 5.96. The molecule has 2 heterocycles. The van der Waals surface area contributed by atoms with Crippen LogP contribution in [0.25, 0.3) is 11.6 Å². The Balaban J connectivity index is 1.45. The lowest BCUT2D eigenvalue weighted by Gasteiger charge is -2.13. The summed E-state index contributed by atoms with van der Waals surface area (Å²) in [4.78, 5) is 12.1. The van der Waals surface area contributed by atoms with Crippen molar-refractivity contribution in [3.8, 4) is 11.6 Å². The van der Waals surface area contributed by atoms with E-state index in [9.17, 15) is 4.79 Å². The van der Waals surface area contributed by atoms with Crippen LogP contribution in [0.2, 0.25) is 0 Å². The third kappa shape index (κ3) is 4.66. The van der Waals surface area contributed by atoms with Crippen molar-refractivity contribution < 1.29 is 9.21 Å². The lowest BCUT2D eigenvalue weighted by Crippen LogP contribution is -2.34. The summed E-state index contributed by atoms with van der Waals surface area (Å²) in [6.07, 6.45) is 3.36. The second-order valence-electron chi connectivity index (χ2n) is 5.93. The van der Waals surface area contributed by atoms with Crippen LogP contribution in [0.5, 0.6) is 0 Å². The minimum Gasteiger partial charge on any atom is -0.461 e. The Morgan fingerprint density at radius 2 is 2.08 bits per heavy atom. The van der Waals surface area contributed by atoms with Gasteiger partial charge in [-0.1, -0.05) is 42.1 Å². The molecule has 0 spiro atoms. The molecule has 0 fully saturated rings. The molecule has 1 aromatic carbocycles. The van der Waals surface area contributed by atoms with Gasteiger partial charge in [0.05, 0.1) is 12.0 Å². The number of aromatic nitrogens is 3. The second-order valence-corrected chi connectivity index (χ2v) is 6.88. The van der Waals surface area contributed by atoms with Crippen LogP contribution in [0.4, 0.5) is 0 Å². The van der Waals surface area contributed by atoms with E-state index in [1.807, 2.05) is 25.1 Å². The van der Waals surface area contributed by atoms with Crippen molar-refractivity contribution in [2.75, 3.05) is 11.6 Å². The van der Waals surface area contributed by atoms with Gasteiger partial charge < -0.3 is 15.6 Å². The van der Waals surface area contributed by atoms with Gasteiger partial charge >= 0.3 is 0 Å². The minimum absolute atomic E-state index is 0.0573. The molecule has 3 rings (SSSR count). The molecule has 1 atom stereocenters. The number of nitrogen functional groups attached to an aromatic ring is 1. The van der Waals surface area contributed by atoms with Gasteiger partial charge in [0.1, 0.15) is 0 Å². The normalized spacial score (nSPS) is 12.0. The van der Waals surface area contributed by atoms with E-state index in [0.717, 1.165) is 12.8 Å². The predicted molar refractivity (Wildman–Crippen MR) is 101 cm³/mol. The van der Waals surface area contributed by atoms with E-state index in [4.69, 9.17) is 10.3 Å². The van der Waals surface area contributed by atoms with Crippen LogP contribution >= 0.6 is 11.8 Å². The van der Waals surface area contributed by atoms with E-state index < -0.39 is 0 Å². The molecular weight excluding hydrogens is 350 g/mol. The molecule has 0 saturated heterocycles. The van der Waals surface area contributed by atoms with Gasteiger partial charge in [0.25, 0.3) is 0 Å². The highest BCUT2D eigenvalue weighted by molar-refractivity contribution is 7.99. The molecule has 0 aliphatic rings. The number of benzene rings is 1. The number of hydrogen-bond acceptors (Lipinski definition) is 6. The highest BCUT2D eigenvalue weighted by atomic mass is 32.2. The lowest BCUT2D eigenvalue weighted by atomic mass is 10.1. The third-order valence-corrected chi connectivity index (χ3v) is 4.80. The number of nitrogens with two attached hydrogens (primary N) is 1. The number of thioether (sulfide) groups is 1. The first-order valence-electron chi connectivity index (χ1n) is 8.34. The van der Waals surface area contributed by atoms with Crippen molar-refractivity contribution in [1.82, 2.24) is 20.2 Å². The molecule has 26 heavy (non-hydrogen) atoms. The number of rotatable bonds is 8. The number of nitrogens with one attached hydrogen (secondary N) is 1. The largest absolute Gasteiger partial charge is 0.461 e. The summed E-state index contributed by atoms with van der Waals surface area (Å²) in [6, 6.07) is 13.8. The maximum Gasteiger partial charge on any atom is 0.230 e. The number of carbonyl (C=O) groups is 1. The zero-order valence-electron chi connectivity index (χ0n) is 14.5. The summed E-state index contributed by atoms with van der Waals surface area (Å²) in [5.74, 6) is 7.10. The Morgan fingerprint density at radius 3 is 2.81 bits per heavy atom. The fraction of sp³-hybridized carbons (Fsp3) is 0.278. The third-order valence-electron chi connectivity index (χ3n) is 3.85. The first-order chi connectivity index (χ1) is 12.6. The van der Waals surface area contributed by atoms with E-state index in [0.29, 0.717) is 16.7 Å². The summed E-state index contributed by atoms with van der Waals surface area (Å²) >= 11 is 1.24. The van der Waals surface area contributed by atoms with Crippen molar-refractivity contribution in [2.24, 2.45) is 0 Å². The molecule has 0 radical (unpaired) electrons. The summed E-state index contributed by atoms with van der Waals surface area (Å²) in [5, 5.41) is 11.5. The highest BCUT2D eigenvalue weighted by Crippen LogP contribution is 2.21. The van der Waals surface area contributed by atoms with Gasteiger partial charge in [-0.15, -0.1) is 10.2 Å². The van der Waals surface area contributed by atoms with E-state index in [2.05, 4.69) is 27.6 Å². The molecule has 3 N–H and O–H groups in total. The van der Waals surface area contributed by atoms with Gasteiger partial charge in [0, 0.05) is 6.04 Å². The molecular formula is C18H21N5O2S. The fourth-order valence-electron chi connectivity index (χ4n) is 2.50. The Hall–Kier alpha value is -2.74. The summed E-state index contributed by atoms with van der Waals surface area (Å²) in [7, 11) is 0. The maximum absolute atomic E-state index is 12.1. The number of nitrogens with zero attached hydrogens (tertiary/aromatic N) is 3. The molecule has 0 saturated carbocycles. The molecule has 3 aromatic rings. The van der Waals surface area contributed by atoms with Crippen molar-refractivity contribution in [3.63, 3.8) is 0 Å². The SMILES string of the molecule is C[C@H](CCc1ccccc1)NC(=O)CSc1nnc(-c2ccco2)n1N. The van der Waals surface area contributed by atoms with Crippen molar-refractivity contribution in [1.29, 1.82) is 0 Å². The average molecular weight is 371 g/mol. The smallest absolute Gasteiger partial charge is 0.230 e. The zero-order chi connectivity index (χ0) is 18.4. The molecule has 0 aliphatic carbocycles. The van der Waals surface area contributed by atoms with Crippen LogP contribution in [0.15, 0.2) is 58.3 Å². The van der Waals surface area contributed by atoms with Crippen LogP contribution in [0.3, 0.4) is 0 Å². The summed E-state index contributed by atoms with van der Waals surface area (Å²) in [6.45, 7) is 2.01. The van der Waals surface area contributed by atoms with Gasteiger partial charge in [-0.05, 0) is 37.5 Å². The van der Waals surface area contributed by atoms with E-state index in [1.165, 1.54) is 22.0 Å². The lowest BCUT2D eigenvalue weighted by molar-refractivity contribution is -0.119. The topological polar surface area (TPSA) is 99.0 Å². The number of carbonyl (C=O) groups excluding carboxylic acids is 1. The van der Waals surface area contributed by atoms with Crippen molar-refractivity contribution >= 4 is 17.7 Å². The molecule has 8 heteroatoms. The Labute approximate surface area is 156 Å². The van der Waals surface area contributed by atoms with Crippen LogP contribution < -0.4 is 11.2 Å². The molecule has 1 amide bonds. The van der Waals surface area contributed by atoms with Crippen LogP contribution in [-0.2, 0) is 11.2 Å². The Bertz CT molecular complexity index is 833. The molecule has 2 aromatic heterocycles. The second kappa shape index (κ2) is 8.57. The summed E-state index contributed by atoms with van der Waals surface area (Å²) < 4.78 is 6.59. The molecule has 0 bridgehead atoms. The maximum atomic E-state index is 12.1. The molecule has 7 nitrogen and oxygen atoms in total. The van der Waals surface area contributed by atoms with Gasteiger partial charge in [-0.3, -0.25) is 4.79 Å². The van der Waals surface area contributed by atoms with Gasteiger partial charge in [0.15, 0.2) is 5.76 Å². The van der Waals surface area contributed by atoms with Crippen LogP contribution in [-0.4, -0.2) is 32.6 Å². The molecule has 136 valence electrons. The van der Waals surface area contributed by atoms with E-state index in [1.54, 1.807) is 18.4 Å². The number of hydrogen-bond donors (Lipinski definition) is 2. The predicted octanol–water partition coefficient (Wildman–Crippen LogP) is 2.48. The zero-order valence-corrected chi connectivity index (χ0v) is 15.3. The summed E-state index contributed by atoms with van der Waals surface area (Å²) in [5.41, 5.74) is 1.27. The number of aryl methyl sites for hydroxylation is 1. The standard InChI is InChI=1S/C18H21N5O2S/c1-13(9-10-14-6-3-2-4-7-14)20-16(24)12-26-18-22-21-17(23(18)19)15-8-5-11-25-15/h2-8,11,13H,9-10,12,19H2,1H3,(H,20,24)/t13-/m1/s1. The van der Waals surface area contributed by atoms with Crippen LogP contribution in [0.1, 0.15) is 18.9 Å². The van der Waals surface area contributed by atoms with Gasteiger partial charge in [-0.25, -0.2) is 4.68 Å². The monoisotopic (exact) mass is 371 g/mol. The van der Waals surface area contributed by atoms with E-state index >= 15 is 0 Å². The molecule has 0 unspecified atom stereocenters. The highest BCUT2D eigenvalue weighted by Gasteiger charge is 2.16. The molecule has 0 aliphatic heterocycles. The van der Waals surface area contributed by atoms with Crippen molar-refractivity contribution in [2.45, 2.75) is 31.0 Å². The van der Waals surface area contributed by atoms with Crippen LogP contribution in [0, 0.1) is 0 Å². The van der Waals surface area contributed by atoms with E-state index in [-0.39, 0.29) is 17.7 Å². The first kappa shape index (κ1) is 18.1. The van der Waals surface area contributed by atoms with Gasteiger partial charge in [-0.2, -0.15) is 0 Å². The van der Waals surface area contributed by atoms with Crippen molar-refractivity contribution in [3.05, 3.63) is 54.3 Å². The first-order valence-corrected chi connectivity index (χ1v) is 9.32. The minimum atomic E-state index is -0.0573. The fourth-order valence-corrected chi connectivity index (χ4v) is 3.16.